The monoisotopic (exact) mass is 867 g/mol. The minimum absolute atomic E-state index is 0.00320. The minimum atomic E-state index is -1.09. The largest absolute Gasteiger partial charge is 0.481 e. The second-order valence-electron chi connectivity index (χ2n) is 20.0. The van der Waals surface area contributed by atoms with Crippen LogP contribution in [0.4, 0.5) is 0 Å². The summed E-state index contributed by atoms with van der Waals surface area (Å²) in [5.41, 5.74) is -1.55. The lowest BCUT2D eigenvalue weighted by Gasteiger charge is -2.57. The molecule has 0 aromatic carbocycles. The molecule has 0 aliphatic carbocycles. The maximum Gasteiger partial charge on any atom is 0.309 e. The van der Waals surface area contributed by atoms with Gasteiger partial charge in [0.1, 0.15) is 5.78 Å². The predicted octanol–water partition coefficient (Wildman–Crippen LogP) is 7.68. The number of ether oxygens (including phenoxy) is 5. The quantitative estimate of drug-likeness (QED) is 0.0759. The van der Waals surface area contributed by atoms with Gasteiger partial charge in [0.25, 0.3) is 0 Å². The van der Waals surface area contributed by atoms with Crippen LogP contribution in [0, 0.1) is 41.4 Å². The maximum absolute atomic E-state index is 14.7. The molecule has 0 saturated carbocycles. The number of nitrogens with one attached hydrogen (secondary N) is 2. The van der Waals surface area contributed by atoms with Crippen LogP contribution in [0.1, 0.15) is 166 Å². The smallest absolute Gasteiger partial charge is 0.309 e. The van der Waals surface area contributed by atoms with Crippen molar-refractivity contribution in [1.29, 1.82) is 0 Å². The summed E-state index contributed by atoms with van der Waals surface area (Å²) in [6.07, 6.45) is 7.03. The average Bonchev–Trinajstić information content (AvgIpc) is 3.55. The zero-order chi connectivity index (χ0) is 44.4. The molecule has 0 bridgehead atoms. The van der Waals surface area contributed by atoms with Crippen molar-refractivity contribution in [2.75, 3.05) is 6.54 Å². The SMILES string of the molecule is CCCCNC(=S)N[C@H]1CC[C@]2(O[C@H]([C@@H](CC)C(=O)[C@@H](C)[C@@H](O)[C@H](C)[C@@H]3O[C@@H]([C@@H](CC)C(=O)O)CC[C@@H]3C)[C@@H](C)C[C@H]2C)O[C@@]12CC[C@@](C)([C@H]1CC[C@](O)(CC)[C@H](C)O1)O2. The first-order chi connectivity index (χ1) is 28.2. The fourth-order valence-electron chi connectivity index (χ4n) is 11.7. The molecule has 5 saturated heterocycles. The molecule has 5 N–H and O–H groups in total. The molecule has 0 aromatic heterocycles. The number of aliphatic hydroxyl groups is 2. The number of ketones is 1. The third-order valence-corrected chi connectivity index (χ3v) is 16.3. The first-order valence-electron chi connectivity index (χ1n) is 23.8. The van der Waals surface area contributed by atoms with Crippen LogP contribution in [0.2, 0.25) is 0 Å². The molecule has 18 atom stereocenters. The summed E-state index contributed by atoms with van der Waals surface area (Å²) in [6.45, 7) is 23.0. The average molecular weight is 867 g/mol. The Kier molecular flexibility index (Phi) is 16.7. The molecule has 0 radical (unpaired) electrons. The maximum atomic E-state index is 14.7. The normalized spacial score (nSPS) is 42.2. The Morgan fingerprint density at radius 1 is 0.850 bits per heavy atom. The fourth-order valence-corrected chi connectivity index (χ4v) is 11.9. The summed E-state index contributed by atoms with van der Waals surface area (Å²) >= 11 is 5.83. The van der Waals surface area contributed by atoms with Crippen LogP contribution in [0.25, 0.3) is 0 Å². The summed E-state index contributed by atoms with van der Waals surface area (Å²) in [5, 5.41) is 40.5. The van der Waals surface area contributed by atoms with Crippen LogP contribution in [0.3, 0.4) is 0 Å². The van der Waals surface area contributed by atoms with Gasteiger partial charge in [0.2, 0.25) is 0 Å². The van der Waals surface area contributed by atoms with E-state index in [1.807, 2.05) is 41.5 Å². The van der Waals surface area contributed by atoms with E-state index in [4.69, 9.17) is 35.9 Å². The summed E-state index contributed by atoms with van der Waals surface area (Å²) in [5.74, 6) is -4.99. The van der Waals surface area contributed by atoms with E-state index < -0.39 is 64.8 Å². The van der Waals surface area contributed by atoms with Crippen LogP contribution in [-0.2, 0) is 33.3 Å². The number of carboxylic acids is 1. The van der Waals surface area contributed by atoms with Gasteiger partial charge in [-0.3, -0.25) is 9.59 Å². The lowest BCUT2D eigenvalue weighted by Crippen LogP contribution is -2.68. The first kappa shape index (κ1) is 49.6. The number of carbonyl (C=O) groups is 2. The lowest BCUT2D eigenvalue weighted by atomic mass is 9.72. The Labute approximate surface area is 366 Å². The number of aliphatic hydroxyl groups excluding tert-OH is 1. The molecular weight excluding hydrogens is 785 g/mol. The van der Waals surface area contributed by atoms with E-state index in [1.165, 1.54) is 0 Å². The van der Waals surface area contributed by atoms with Gasteiger partial charge in [-0.15, -0.1) is 0 Å². The van der Waals surface area contributed by atoms with E-state index >= 15 is 0 Å². The Balaban J connectivity index is 1.37. The van der Waals surface area contributed by atoms with Gasteiger partial charge < -0.3 is 49.6 Å². The molecule has 13 heteroatoms. The van der Waals surface area contributed by atoms with Crippen LogP contribution in [0.5, 0.6) is 0 Å². The Bertz CT molecular complexity index is 1470. The molecule has 0 aromatic rings. The zero-order valence-electron chi connectivity index (χ0n) is 38.8. The molecule has 60 heavy (non-hydrogen) atoms. The number of thiocarbonyl (C=S) groups is 1. The number of Topliss-reactive ketones (excluding diaryl/α,β-unsaturated/α-hetero) is 1. The highest BCUT2D eigenvalue weighted by molar-refractivity contribution is 7.80. The molecule has 0 unspecified atom stereocenters. The van der Waals surface area contributed by atoms with Gasteiger partial charge in [0.15, 0.2) is 16.7 Å². The van der Waals surface area contributed by atoms with Crippen LogP contribution >= 0.6 is 12.2 Å². The predicted molar refractivity (Wildman–Crippen MR) is 235 cm³/mol. The van der Waals surface area contributed by atoms with Gasteiger partial charge in [-0.2, -0.15) is 0 Å². The van der Waals surface area contributed by atoms with Crippen molar-refractivity contribution in [2.24, 2.45) is 41.4 Å². The Morgan fingerprint density at radius 2 is 1.55 bits per heavy atom. The lowest BCUT2D eigenvalue weighted by molar-refractivity contribution is -0.429. The summed E-state index contributed by atoms with van der Waals surface area (Å²) in [6, 6.07) is -0.263. The molecule has 5 aliphatic heterocycles. The molecule has 5 heterocycles. The van der Waals surface area contributed by atoms with Gasteiger partial charge in [0, 0.05) is 43.1 Å². The first-order valence-corrected chi connectivity index (χ1v) is 24.2. The molecular formula is C47H82N2O10S. The second kappa shape index (κ2) is 20.2. The molecule has 346 valence electrons. The number of hydrogen-bond donors (Lipinski definition) is 5. The molecule has 5 rings (SSSR count). The Hall–Kier alpha value is -1.45. The van der Waals surface area contributed by atoms with Crippen molar-refractivity contribution in [1.82, 2.24) is 10.6 Å². The number of aliphatic carboxylic acids is 1. The molecule has 5 fully saturated rings. The molecule has 12 nitrogen and oxygen atoms in total. The Morgan fingerprint density at radius 3 is 2.17 bits per heavy atom. The number of carbonyl (C=O) groups excluding carboxylic acids is 1. The van der Waals surface area contributed by atoms with Crippen molar-refractivity contribution >= 4 is 29.1 Å². The number of carboxylic acid groups (broad SMARTS) is 1. The van der Waals surface area contributed by atoms with Gasteiger partial charge in [-0.25, -0.2) is 0 Å². The van der Waals surface area contributed by atoms with Gasteiger partial charge in [-0.05, 0) is 109 Å². The zero-order valence-corrected chi connectivity index (χ0v) is 39.6. The molecule has 0 amide bonds. The fraction of sp³-hybridized carbons (Fsp3) is 0.936. The van der Waals surface area contributed by atoms with E-state index in [2.05, 4.69) is 45.3 Å². The van der Waals surface area contributed by atoms with E-state index in [9.17, 15) is 24.9 Å². The number of hydrogen-bond acceptors (Lipinski definition) is 10. The van der Waals surface area contributed by atoms with Gasteiger partial charge >= 0.3 is 5.97 Å². The van der Waals surface area contributed by atoms with E-state index in [-0.39, 0.29) is 53.8 Å². The molecule has 2 spiro atoms. The third-order valence-electron chi connectivity index (χ3n) is 16.0. The minimum Gasteiger partial charge on any atom is -0.481 e. The molecule has 5 aliphatic rings. The summed E-state index contributed by atoms with van der Waals surface area (Å²) < 4.78 is 35.0. The highest BCUT2D eigenvalue weighted by Gasteiger charge is 2.65. The van der Waals surface area contributed by atoms with Crippen LogP contribution in [0.15, 0.2) is 0 Å². The van der Waals surface area contributed by atoms with E-state index in [1.54, 1.807) is 0 Å². The van der Waals surface area contributed by atoms with Crippen LogP contribution in [-0.4, -0.2) is 104 Å². The van der Waals surface area contributed by atoms with Crippen molar-refractivity contribution in [3.63, 3.8) is 0 Å². The number of rotatable bonds is 16. The highest BCUT2D eigenvalue weighted by Crippen LogP contribution is 2.56. The topological polar surface area (TPSA) is 165 Å². The van der Waals surface area contributed by atoms with E-state index in [0.29, 0.717) is 69.3 Å². The van der Waals surface area contributed by atoms with Crippen LogP contribution < -0.4 is 10.6 Å². The van der Waals surface area contributed by atoms with Gasteiger partial charge in [-0.1, -0.05) is 68.7 Å². The summed E-state index contributed by atoms with van der Waals surface area (Å²) in [4.78, 5) is 26.7. The van der Waals surface area contributed by atoms with Crippen molar-refractivity contribution in [3.05, 3.63) is 0 Å². The third kappa shape index (κ3) is 10.1. The van der Waals surface area contributed by atoms with E-state index in [0.717, 1.165) is 32.2 Å². The van der Waals surface area contributed by atoms with Crippen molar-refractivity contribution < 1.29 is 48.6 Å². The summed E-state index contributed by atoms with van der Waals surface area (Å²) in [7, 11) is 0. The standard InChI is InChI=1S/C47H82N2O10S/c1-12-16-25-48-43(60)49-36-19-22-46(59-47(36)24-23-44(11,58-47)37-20-21-45(54,15-4)32(10)55-37)29(7)26-28(6)41(57-46)34(14-3)39(51)30(8)38(50)31(9)40-27(5)17-18-35(56-40)33(13-2)42(52)53/h27-38,40-41,50,54H,12-26H2,1-11H3,(H,52,53)(H2,48,49,60)/t27-,28-,29+,30-,31-,32-,33+,34-,35+,36-,37+,38+,40+,41-,44-,45+,46-,47-/m0/s1. The van der Waals surface area contributed by atoms with Crippen molar-refractivity contribution in [2.45, 2.75) is 231 Å². The number of unbranched alkanes of at least 4 members (excludes halogenated alkanes) is 1. The van der Waals surface area contributed by atoms with Crippen molar-refractivity contribution in [3.8, 4) is 0 Å². The second-order valence-corrected chi connectivity index (χ2v) is 20.5. The van der Waals surface area contributed by atoms with Gasteiger partial charge in [0.05, 0.1) is 59.8 Å². The highest BCUT2D eigenvalue weighted by atomic mass is 32.1.